The fourth-order valence-corrected chi connectivity index (χ4v) is 2.25. The molecule has 1 amide bonds. The zero-order valence-corrected chi connectivity index (χ0v) is 9.75. The fourth-order valence-electron chi connectivity index (χ4n) is 2.25. The third-order valence-electron chi connectivity index (χ3n) is 3.24. The molecule has 0 radical (unpaired) electrons. The molecule has 0 bridgehead atoms. The standard InChI is InChI=1S/C13H15F2NO/c1-9-5-2-3-8-16(9)13(17)12-10(14)6-4-7-11(12)15/h4,6-7,9H,2-3,5,8H2,1H3/t9-/m0/s1. The Hall–Kier alpha value is -1.45. The lowest BCUT2D eigenvalue weighted by Crippen LogP contribution is -2.42. The van der Waals surface area contributed by atoms with Crippen LogP contribution in [0.1, 0.15) is 36.5 Å². The van der Waals surface area contributed by atoms with Crippen molar-refractivity contribution in [2.75, 3.05) is 6.54 Å². The highest BCUT2D eigenvalue weighted by Gasteiger charge is 2.28. The van der Waals surface area contributed by atoms with Gasteiger partial charge in [-0.25, -0.2) is 8.78 Å². The number of carbonyl (C=O) groups is 1. The predicted octanol–water partition coefficient (Wildman–Crippen LogP) is 2.98. The van der Waals surface area contributed by atoms with Gasteiger partial charge < -0.3 is 4.90 Å². The molecule has 0 aliphatic carbocycles. The van der Waals surface area contributed by atoms with Gasteiger partial charge >= 0.3 is 0 Å². The highest BCUT2D eigenvalue weighted by atomic mass is 19.1. The smallest absolute Gasteiger partial charge is 0.260 e. The van der Waals surface area contributed by atoms with Crippen molar-refractivity contribution < 1.29 is 13.6 Å². The number of likely N-dealkylation sites (tertiary alicyclic amines) is 1. The normalized spacial score (nSPS) is 20.4. The van der Waals surface area contributed by atoms with Crippen molar-refractivity contribution in [3.8, 4) is 0 Å². The van der Waals surface area contributed by atoms with Gasteiger partial charge in [-0.05, 0) is 38.3 Å². The van der Waals surface area contributed by atoms with Crippen molar-refractivity contribution in [1.82, 2.24) is 4.90 Å². The Labute approximate surface area is 99.2 Å². The van der Waals surface area contributed by atoms with Crippen LogP contribution in [0.3, 0.4) is 0 Å². The molecule has 0 spiro atoms. The summed E-state index contributed by atoms with van der Waals surface area (Å²) in [5.74, 6) is -2.10. The number of rotatable bonds is 1. The number of hydrogen-bond donors (Lipinski definition) is 0. The van der Waals surface area contributed by atoms with Gasteiger partial charge in [0, 0.05) is 12.6 Å². The number of amides is 1. The third-order valence-corrected chi connectivity index (χ3v) is 3.24. The van der Waals surface area contributed by atoms with Gasteiger partial charge in [0.05, 0.1) is 0 Å². The first-order valence-corrected chi connectivity index (χ1v) is 5.86. The average Bonchev–Trinajstić information content (AvgIpc) is 2.29. The van der Waals surface area contributed by atoms with E-state index in [0.717, 1.165) is 31.4 Å². The molecule has 17 heavy (non-hydrogen) atoms. The molecule has 4 heteroatoms. The first kappa shape index (κ1) is 12.0. The van der Waals surface area contributed by atoms with Crippen LogP contribution < -0.4 is 0 Å². The molecule has 0 saturated carbocycles. The molecular formula is C13H15F2NO. The van der Waals surface area contributed by atoms with Crippen LogP contribution in [0.2, 0.25) is 0 Å². The molecular weight excluding hydrogens is 224 g/mol. The largest absolute Gasteiger partial charge is 0.336 e. The maximum absolute atomic E-state index is 13.5. The molecule has 2 rings (SSSR count). The second kappa shape index (κ2) is 4.82. The van der Waals surface area contributed by atoms with Crippen molar-refractivity contribution in [2.45, 2.75) is 32.2 Å². The van der Waals surface area contributed by atoms with E-state index in [1.807, 2.05) is 6.92 Å². The summed E-state index contributed by atoms with van der Waals surface area (Å²) in [5.41, 5.74) is -0.429. The monoisotopic (exact) mass is 239 g/mol. The second-order valence-corrected chi connectivity index (χ2v) is 4.44. The van der Waals surface area contributed by atoms with Crippen molar-refractivity contribution in [3.05, 3.63) is 35.4 Å². The van der Waals surface area contributed by atoms with E-state index in [0.29, 0.717) is 6.54 Å². The number of hydrogen-bond acceptors (Lipinski definition) is 1. The fraction of sp³-hybridized carbons (Fsp3) is 0.462. The van der Waals surface area contributed by atoms with E-state index in [1.165, 1.54) is 6.07 Å². The third kappa shape index (κ3) is 2.30. The maximum atomic E-state index is 13.5. The average molecular weight is 239 g/mol. The molecule has 2 nitrogen and oxygen atoms in total. The van der Waals surface area contributed by atoms with Gasteiger partial charge in [0.2, 0.25) is 0 Å². The van der Waals surface area contributed by atoms with Crippen LogP contribution >= 0.6 is 0 Å². The van der Waals surface area contributed by atoms with E-state index in [4.69, 9.17) is 0 Å². The Kier molecular flexibility index (Phi) is 3.41. The zero-order valence-electron chi connectivity index (χ0n) is 9.75. The molecule has 0 unspecified atom stereocenters. The van der Waals surface area contributed by atoms with E-state index >= 15 is 0 Å². The Bertz CT molecular complexity index is 413. The van der Waals surface area contributed by atoms with Gasteiger partial charge in [-0.3, -0.25) is 4.79 Å². The molecule has 0 aromatic heterocycles. The molecule has 1 aromatic rings. The molecule has 0 N–H and O–H groups in total. The van der Waals surface area contributed by atoms with Crippen LogP contribution in [0.15, 0.2) is 18.2 Å². The lowest BCUT2D eigenvalue weighted by atomic mass is 10.0. The summed E-state index contributed by atoms with van der Waals surface area (Å²) in [5, 5.41) is 0. The van der Waals surface area contributed by atoms with Crippen LogP contribution in [-0.4, -0.2) is 23.4 Å². The molecule has 1 aromatic carbocycles. The molecule has 1 aliphatic rings. The molecule has 92 valence electrons. The Morgan fingerprint density at radius 2 is 1.94 bits per heavy atom. The van der Waals surface area contributed by atoms with Crippen molar-refractivity contribution in [1.29, 1.82) is 0 Å². The summed E-state index contributed by atoms with van der Waals surface area (Å²) in [6, 6.07) is 3.55. The minimum atomic E-state index is -0.784. The summed E-state index contributed by atoms with van der Waals surface area (Å²) < 4.78 is 27.0. The zero-order chi connectivity index (χ0) is 12.4. The van der Waals surface area contributed by atoms with Crippen molar-refractivity contribution >= 4 is 5.91 Å². The van der Waals surface area contributed by atoms with Crippen molar-refractivity contribution in [3.63, 3.8) is 0 Å². The predicted molar refractivity (Wildman–Crippen MR) is 60.7 cm³/mol. The Balaban J connectivity index is 2.30. The quantitative estimate of drug-likeness (QED) is 0.737. The first-order valence-electron chi connectivity index (χ1n) is 5.86. The van der Waals surface area contributed by atoms with E-state index in [2.05, 4.69) is 0 Å². The molecule has 1 heterocycles. The number of nitrogens with zero attached hydrogens (tertiary/aromatic N) is 1. The van der Waals surface area contributed by atoms with Gasteiger partial charge in [-0.15, -0.1) is 0 Å². The Morgan fingerprint density at radius 1 is 1.29 bits per heavy atom. The minimum Gasteiger partial charge on any atom is -0.336 e. The van der Waals surface area contributed by atoms with Crippen LogP contribution in [0.4, 0.5) is 8.78 Å². The minimum absolute atomic E-state index is 0.0512. The van der Waals surface area contributed by atoms with Crippen molar-refractivity contribution in [2.24, 2.45) is 0 Å². The van der Waals surface area contributed by atoms with E-state index in [-0.39, 0.29) is 6.04 Å². The lowest BCUT2D eigenvalue weighted by Gasteiger charge is -2.33. The van der Waals surface area contributed by atoms with Crippen LogP contribution in [0.25, 0.3) is 0 Å². The van der Waals surface area contributed by atoms with E-state index < -0.39 is 23.1 Å². The number of piperidine rings is 1. The van der Waals surface area contributed by atoms with E-state index in [1.54, 1.807) is 4.90 Å². The Morgan fingerprint density at radius 3 is 2.53 bits per heavy atom. The van der Waals surface area contributed by atoms with Gasteiger partial charge in [0.15, 0.2) is 0 Å². The molecule has 1 atom stereocenters. The number of halogens is 2. The maximum Gasteiger partial charge on any atom is 0.260 e. The molecule has 1 fully saturated rings. The van der Waals surface area contributed by atoms with Crippen LogP contribution in [0, 0.1) is 11.6 Å². The van der Waals surface area contributed by atoms with Gasteiger partial charge in [-0.1, -0.05) is 6.07 Å². The summed E-state index contributed by atoms with van der Waals surface area (Å²) in [7, 11) is 0. The lowest BCUT2D eigenvalue weighted by molar-refractivity contribution is 0.0625. The van der Waals surface area contributed by atoms with Gasteiger partial charge in [-0.2, -0.15) is 0 Å². The summed E-state index contributed by atoms with van der Waals surface area (Å²) in [6.07, 6.45) is 2.85. The van der Waals surface area contributed by atoms with Crippen LogP contribution in [-0.2, 0) is 0 Å². The number of benzene rings is 1. The first-order chi connectivity index (χ1) is 8.11. The molecule has 1 aliphatic heterocycles. The van der Waals surface area contributed by atoms with Gasteiger partial charge in [0.1, 0.15) is 17.2 Å². The topological polar surface area (TPSA) is 20.3 Å². The highest BCUT2D eigenvalue weighted by molar-refractivity contribution is 5.95. The molecule has 1 saturated heterocycles. The summed E-state index contributed by atoms with van der Waals surface area (Å²) in [4.78, 5) is 13.7. The SMILES string of the molecule is C[C@H]1CCCCN1C(=O)c1c(F)cccc1F. The summed E-state index contributed by atoms with van der Waals surface area (Å²) >= 11 is 0. The van der Waals surface area contributed by atoms with Gasteiger partial charge in [0.25, 0.3) is 5.91 Å². The van der Waals surface area contributed by atoms with Crippen LogP contribution in [0.5, 0.6) is 0 Å². The second-order valence-electron chi connectivity index (χ2n) is 4.44. The number of carbonyl (C=O) groups excluding carboxylic acids is 1. The van der Waals surface area contributed by atoms with E-state index in [9.17, 15) is 13.6 Å². The highest BCUT2D eigenvalue weighted by Crippen LogP contribution is 2.21. The summed E-state index contributed by atoms with van der Waals surface area (Å²) in [6.45, 7) is 2.49.